The first-order valence-corrected chi connectivity index (χ1v) is 14.3. The van der Waals surface area contributed by atoms with Crippen LogP contribution in [0.4, 0.5) is 0 Å². The van der Waals surface area contributed by atoms with Gasteiger partial charge in [-0.3, -0.25) is 4.79 Å². The van der Waals surface area contributed by atoms with Crippen LogP contribution in [0.15, 0.2) is 0 Å². The maximum Gasteiger partial charge on any atom is 0.258 e. The molecule has 1 aromatic heterocycles. The predicted molar refractivity (Wildman–Crippen MR) is 88.2 cm³/mol. The molecule has 0 fully saturated rings. The summed E-state index contributed by atoms with van der Waals surface area (Å²) < 4.78 is 1.47. The standard InChI is InChI=1S/C13H25NOSSi2/c1-8-9-11(17(2,3)4)10(12(14)15)16-13(9)18(5,6)7/h8H2,1-7H3,(H2,14,15). The lowest BCUT2D eigenvalue weighted by Crippen LogP contribution is -2.46. The maximum absolute atomic E-state index is 11.7. The third-order valence-electron chi connectivity index (χ3n) is 3.02. The summed E-state index contributed by atoms with van der Waals surface area (Å²) >= 11 is 1.67. The second-order valence-corrected chi connectivity index (χ2v) is 18.2. The highest BCUT2D eigenvalue weighted by molar-refractivity contribution is 7.29. The normalized spacial score (nSPS) is 12.8. The van der Waals surface area contributed by atoms with Crippen molar-refractivity contribution >= 4 is 43.1 Å². The van der Waals surface area contributed by atoms with Gasteiger partial charge in [0.25, 0.3) is 5.91 Å². The summed E-state index contributed by atoms with van der Waals surface area (Å²) in [7, 11) is -2.93. The van der Waals surface area contributed by atoms with Crippen molar-refractivity contribution in [3.05, 3.63) is 10.4 Å². The number of nitrogens with two attached hydrogens (primary N) is 1. The minimum absolute atomic E-state index is 0.239. The van der Waals surface area contributed by atoms with E-state index in [2.05, 4.69) is 46.2 Å². The van der Waals surface area contributed by atoms with E-state index in [0.29, 0.717) is 0 Å². The molecule has 2 N–H and O–H groups in total. The van der Waals surface area contributed by atoms with Crippen molar-refractivity contribution in [3.63, 3.8) is 0 Å². The highest BCUT2D eigenvalue weighted by Gasteiger charge is 2.33. The first kappa shape index (κ1) is 15.7. The number of carbonyl (C=O) groups excluding carboxylic acids is 1. The molecule has 1 heterocycles. The van der Waals surface area contributed by atoms with Crippen LogP contribution in [0.1, 0.15) is 22.2 Å². The lowest BCUT2D eigenvalue weighted by molar-refractivity contribution is 0.100. The summed E-state index contributed by atoms with van der Waals surface area (Å²) in [5.41, 5.74) is 7.04. The van der Waals surface area contributed by atoms with Crippen LogP contribution in [0.5, 0.6) is 0 Å². The lowest BCUT2D eigenvalue weighted by Gasteiger charge is -2.21. The minimum Gasteiger partial charge on any atom is -0.365 e. The van der Waals surface area contributed by atoms with Crippen LogP contribution in [0.25, 0.3) is 0 Å². The van der Waals surface area contributed by atoms with Crippen LogP contribution in [0.3, 0.4) is 0 Å². The molecule has 0 radical (unpaired) electrons. The molecule has 1 amide bonds. The Morgan fingerprint density at radius 2 is 1.61 bits per heavy atom. The first-order chi connectivity index (χ1) is 8.00. The summed E-state index contributed by atoms with van der Waals surface area (Å²) in [6, 6.07) is 0. The molecule has 0 aliphatic carbocycles. The second-order valence-electron chi connectivity index (χ2n) is 6.83. The fraction of sp³-hybridized carbons (Fsp3) is 0.615. The Morgan fingerprint density at radius 1 is 1.11 bits per heavy atom. The molecule has 0 unspecified atom stereocenters. The number of primary amides is 1. The molecule has 0 spiro atoms. The van der Waals surface area contributed by atoms with Crippen molar-refractivity contribution in [2.75, 3.05) is 0 Å². The molecule has 0 atom stereocenters. The summed E-state index contributed by atoms with van der Waals surface area (Å²) in [5.74, 6) is -0.239. The Labute approximate surface area is 117 Å². The molecular weight excluding hydrogens is 274 g/mol. The van der Waals surface area contributed by atoms with Gasteiger partial charge in [0, 0.05) is 0 Å². The van der Waals surface area contributed by atoms with E-state index in [4.69, 9.17) is 5.73 Å². The van der Waals surface area contributed by atoms with Gasteiger partial charge in [0.05, 0.1) is 21.0 Å². The highest BCUT2D eigenvalue weighted by Crippen LogP contribution is 2.21. The van der Waals surface area contributed by atoms with Gasteiger partial charge in [-0.25, -0.2) is 0 Å². The minimum atomic E-state index is -1.53. The van der Waals surface area contributed by atoms with E-state index in [0.717, 1.165) is 11.3 Å². The van der Waals surface area contributed by atoms with E-state index >= 15 is 0 Å². The molecule has 0 bridgehead atoms. The topological polar surface area (TPSA) is 43.1 Å². The zero-order valence-corrected chi connectivity index (χ0v) is 15.4. The SMILES string of the molecule is CCc1c([Si](C)(C)C)sc(C(N)=O)c1[Si](C)(C)C. The first-order valence-electron chi connectivity index (χ1n) is 6.46. The van der Waals surface area contributed by atoms with E-state index < -0.39 is 16.1 Å². The number of thiophene rings is 1. The fourth-order valence-electron chi connectivity index (χ4n) is 2.38. The molecule has 5 heteroatoms. The number of hydrogen-bond acceptors (Lipinski definition) is 2. The molecule has 2 nitrogen and oxygen atoms in total. The molecule has 0 aromatic carbocycles. The summed E-state index contributed by atoms with van der Waals surface area (Å²) in [5, 5.41) is 1.32. The van der Waals surface area contributed by atoms with Crippen molar-refractivity contribution in [2.24, 2.45) is 5.73 Å². The zero-order chi connectivity index (χ0) is 14.3. The Bertz CT molecular complexity index is 467. The smallest absolute Gasteiger partial charge is 0.258 e. The van der Waals surface area contributed by atoms with Gasteiger partial charge in [0.2, 0.25) is 0 Å². The maximum atomic E-state index is 11.7. The van der Waals surface area contributed by atoms with Crippen LogP contribution in [0, 0.1) is 0 Å². The van der Waals surface area contributed by atoms with E-state index in [1.165, 1.54) is 15.3 Å². The number of amides is 1. The quantitative estimate of drug-likeness (QED) is 0.853. The molecule has 0 aliphatic heterocycles. The molecule has 0 aliphatic rings. The number of carbonyl (C=O) groups is 1. The van der Waals surface area contributed by atoms with Gasteiger partial charge >= 0.3 is 0 Å². The Kier molecular flexibility index (Phi) is 4.30. The van der Waals surface area contributed by atoms with E-state index in [-0.39, 0.29) is 5.91 Å². The van der Waals surface area contributed by atoms with E-state index in [9.17, 15) is 4.79 Å². The monoisotopic (exact) mass is 299 g/mol. The van der Waals surface area contributed by atoms with Crippen LogP contribution in [0.2, 0.25) is 39.3 Å². The summed E-state index contributed by atoms with van der Waals surface area (Å²) in [4.78, 5) is 12.6. The predicted octanol–water partition coefficient (Wildman–Crippen LogP) is 2.50. The second kappa shape index (κ2) is 4.94. The number of rotatable bonds is 4. The van der Waals surface area contributed by atoms with Crippen LogP contribution in [-0.2, 0) is 6.42 Å². The largest absolute Gasteiger partial charge is 0.365 e. The fourth-order valence-corrected chi connectivity index (χ4v) is 9.31. The molecule has 0 saturated heterocycles. The van der Waals surface area contributed by atoms with Gasteiger partial charge in [-0.05, 0) is 21.7 Å². The van der Waals surface area contributed by atoms with Gasteiger partial charge in [0.1, 0.15) is 0 Å². The molecule has 0 saturated carbocycles. The average Bonchev–Trinajstić information content (AvgIpc) is 2.54. The number of hydrogen-bond donors (Lipinski definition) is 1. The van der Waals surface area contributed by atoms with E-state index in [1.807, 2.05) is 0 Å². The van der Waals surface area contributed by atoms with Gasteiger partial charge in [-0.1, -0.05) is 46.2 Å². The molecular formula is C13H25NOSSi2. The Hall–Kier alpha value is -0.396. The van der Waals surface area contributed by atoms with Gasteiger partial charge in [0.15, 0.2) is 0 Å². The Balaban J connectivity index is 3.66. The summed E-state index contributed by atoms with van der Waals surface area (Å²) in [6.45, 7) is 16.1. The highest BCUT2D eigenvalue weighted by atomic mass is 32.1. The van der Waals surface area contributed by atoms with Crippen molar-refractivity contribution in [2.45, 2.75) is 52.6 Å². The van der Waals surface area contributed by atoms with Crippen molar-refractivity contribution in [3.8, 4) is 0 Å². The zero-order valence-electron chi connectivity index (χ0n) is 12.6. The van der Waals surface area contributed by atoms with Crippen molar-refractivity contribution < 1.29 is 4.79 Å². The van der Waals surface area contributed by atoms with Gasteiger partial charge < -0.3 is 5.73 Å². The third kappa shape index (κ3) is 2.95. The van der Waals surface area contributed by atoms with Crippen molar-refractivity contribution in [1.82, 2.24) is 0 Å². The van der Waals surface area contributed by atoms with Gasteiger partial charge in [-0.15, -0.1) is 11.3 Å². The van der Waals surface area contributed by atoms with Crippen LogP contribution >= 0.6 is 11.3 Å². The molecule has 1 aromatic rings. The molecule has 18 heavy (non-hydrogen) atoms. The van der Waals surface area contributed by atoms with Gasteiger partial charge in [-0.2, -0.15) is 0 Å². The average molecular weight is 300 g/mol. The van der Waals surface area contributed by atoms with Crippen LogP contribution < -0.4 is 15.4 Å². The van der Waals surface area contributed by atoms with Crippen LogP contribution in [-0.4, -0.2) is 22.1 Å². The lowest BCUT2D eigenvalue weighted by atomic mass is 10.2. The molecule has 102 valence electrons. The molecule has 1 rings (SSSR count). The Morgan fingerprint density at radius 3 is 1.89 bits per heavy atom. The van der Waals surface area contributed by atoms with E-state index in [1.54, 1.807) is 11.3 Å². The third-order valence-corrected chi connectivity index (χ3v) is 10.1. The summed E-state index contributed by atoms with van der Waals surface area (Å²) in [6.07, 6.45) is 1.02. The van der Waals surface area contributed by atoms with Crippen molar-refractivity contribution in [1.29, 1.82) is 0 Å².